The lowest BCUT2D eigenvalue weighted by molar-refractivity contribution is -0.131. The van der Waals surface area contributed by atoms with Gasteiger partial charge in [0.25, 0.3) is 5.56 Å². The summed E-state index contributed by atoms with van der Waals surface area (Å²) in [5, 5.41) is 1.13. The lowest BCUT2D eigenvalue weighted by Crippen LogP contribution is -2.40. The Morgan fingerprint density at radius 1 is 1.35 bits per heavy atom. The molecule has 1 fully saturated rings. The monoisotopic (exact) mass is 350 g/mol. The summed E-state index contributed by atoms with van der Waals surface area (Å²) in [6, 6.07) is 9.70. The van der Waals surface area contributed by atoms with Crippen LogP contribution in [0, 0.1) is 0 Å². The molecule has 1 atom stereocenters. The molecule has 1 aromatic carbocycles. The molecule has 6 heteroatoms. The largest absolute Gasteiger partial charge is 0.350 e. The van der Waals surface area contributed by atoms with Gasteiger partial charge in [0.05, 0.1) is 18.4 Å². The number of aryl methyl sites for hydroxylation is 1. The summed E-state index contributed by atoms with van der Waals surface area (Å²) in [5.74, 6) is 0.262. The number of H-pyrrole nitrogens is 1. The normalized spacial score (nSPS) is 17.6. The minimum absolute atomic E-state index is 0.127. The van der Waals surface area contributed by atoms with Gasteiger partial charge in [-0.15, -0.1) is 0 Å². The summed E-state index contributed by atoms with van der Waals surface area (Å²) < 4.78 is 2.07. The summed E-state index contributed by atoms with van der Waals surface area (Å²) in [6.07, 6.45) is 5.77. The van der Waals surface area contributed by atoms with Crippen molar-refractivity contribution in [3.8, 4) is 0 Å². The zero-order chi connectivity index (χ0) is 18.1. The molecule has 3 heterocycles. The number of aromatic amines is 1. The molecule has 0 spiro atoms. The van der Waals surface area contributed by atoms with Gasteiger partial charge in [0.2, 0.25) is 5.91 Å². The Morgan fingerprint density at radius 3 is 3.04 bits per heavy atom. The smallest absolute Gasteiger partial charge is 0.250 e. The zero-order valence-electron chi connectivity index (χ0n) is 14.8. The third kappa shape index (κ3) is 3.14. The lowest BCUT2D eigenvalue weighted by atomic mass is 9.94. The van der Waals surface area contributed by atoms with E-state index in [1.54, 1.807) is 6.07 Å². The van der Waals surface area contributed by atoms with Crippen LogP contribution in [-0.2, 0) is 18.3 Å². The van der Waals surface area contributed by atoms with Gasteiger partial charge in [0, 0.05) is 49.2 Å². The fraction of sp³-hybridized carbons (Fsp3) is 0.350. The van der Waals surface area contributed by atoms with E-state index < -0.39 is 0 Å². The highest BCUT2D eigenvalue weighted by molar-refractivity contribution is 5.89. The minimum Gasteiger partial charge on any atom is -0.350 e. The number of carbonyl (C=O) groups is 1. The Morgan fingerprint density at radius 2 is 2.19 bits per heavy atom. The van der Waals surface area contributed by atoms with E-state index in [0.717, 1.165) is 41.5 Å². The first-order chi connectivity index (χ1) is 12.6. The van der Waals surface area contributed by atoms with Gasteiger partial charge >= 0.3 is 0 Å². The van der Waals surface area contributed by atoms with Crippen molar-refractivity contribution in [2.45, 2.75) is 25.2 Å². The van der Waals surface area contributed by atoms with Gasteiger partial charge in [0.15, 0.2) is 0 Å². The van der Waals surface area contributed by atoms with Crippen LogP contribution in [0.4, 0.5) is 0 Å². The van der Waals surface area contributed by atoms with Crippen molar-refractivity contribution in [2.75, 3.05) is 13.1 Å². The molecule has 1 aliphatic rings. The quantitative estimate of drug-likeness (QED) is 0.787. The zero-order valence-corrected chi connectivity index (χ0v) is 14.8. The molecule has 0 radical (unpaired) electrons. The van der Waals surface area contributed by atoms with Crippen molar-refractivity contribution in [3.63, 3.8) is 0 Å². The highest BCUT2D eigenvalue weighted by Crippen LogP contribution is 2.26. The van der Waals surface area contributed by atoms with Crippen LogP contribution in [-0.4, -0.2) is 38.4 Å². The average Bonchev–Trinajstić information content (AvgIpc) is 2.98. The van der Waals surface area contributed by atoms with Gasteiger partial charge in [-0.25, -0.2) is 4.98 Å². The summed E-state index contributed by atoms with van der Waals surface area (Å²) in [6.45, 7) is 1.39. The van der Waals surface area contributed by atoms with E-state index in [-0.39, 0.29) is 17.4 Å². The Balaban J connectivity index is 1.51. The summed E-state index contributed by atoms with van der Waals surface area (Å²) in [4.78, 5) is 33.2. The van der Waals surface area contributed by atoms with Crippen LogP contribution >= 0.6 is 0 Å². The standard InChI is InChI=1S/C20H22N4O2/c1-23-11-15(16-6-2-3-7-18(16)23)9-20(26)24-8-4-5-14(12-24)17-10-19(25)22-13-21-17/h2-3,6-7,10-11,13-14H,4-5,8-9,12H2,1H3,(H,21,22,25). The number of para-hydroxylation sites is 1. The number of likely N-dealkylation sites (tertiary alicyclic amines) is 1. The molecule has 1 aliphatic heterocycles. The van der Waals surface area contributed by atoms with Crippen LogP contribution in [0.15, 0.2) is 47.7 Å². The minimum atomic E-state index is -0.144. The molecule has 1 unspecified atom stereocenters. The molecular weight excluding hydrogens is 328 g/mol. The first kappa shape index (κ1) is 16.6. The number of piperidine rings is 1. The van der Waals surface area contributed by atoms with E-state index in [2.05, 4.69) is 26.7 Å². The third-order valence-corrected chi connectivity index (χ3v) is 5.21. The molecule has 3 aromatic rings. The Hall–Kier alpha value is -2.89. The topological polar surface area (TPSA) is 71.0 Å². The van der Waals surface area contributed by atoms with E-state index in [4.69, 9.17) is 0 Å². The van der Waals surface area contributed by atoms with Crippen LogP contribution in [0.2, 0.25) is 0 Å². The van der Waals surface area contributed by atoms with Crippen molar-refractivity contribution in [3.05, 3.63) is 64.5 Å². The number of benzene rings is 1. The second-order valence-electron chi connectivity index (χ2n) is 6.97. The Labute approximate surface area is 151 Å². The van der Waals surface area contributed by atoms with Crippen molar-refractivity contribution in [2.24, 2.45) is 7.05 Å². The molecule has 0 saturated carbocycles. The number of aromatic nitrogens is 3. The van der Waals surface area contributed by atoms with E-state index >= 15 is 0 Å². The molecule has 1 amide bonds. The summed E-state index contributed by atoms with van der Waals surface area (Å²) in [5.41, 5.74) is 2.83. The predicted molar refractivity (Wildman–Crippen MR) is 100 cm³/mol. The van der Waals surface area contributed by atoms with E-state index in [1.807, 2.05) is 30.3 Å². The average molecular weight is 350 g/mol. The second-order valence-corrected chi connectivity index (χ2v) is 6.97. The van der Waals surface area contributed by atoms with Gasteiger partial charge in [-0.05, 0) is 24.5 Å². The molecule has 4 rings (SSSR count). The number of nitrogens with zero attached hydrogens (tertiary/aromatic N) is 3. The number of carbonyl (C=O) groups excluding carboxylic acids is 1. The molecule has 2 aromatic heterocycles. The van der Waals surface area contributed by atoms with E-state index in [0.29, 0.717) is 13.0 Å². The Kier molecular flexibility index (Phi) is 4.32. The van der Waals surface area contributed by atoms with E-state index in [1.165, 1.54) is 6.33 Å². The first-order valence-corrected chi connectivity index (χ1v) is 8.97. The molecule has 1 saturated heterocycles. The molecule has 0 bridgehead atoms. The van der Waals surface area contributed by atoms with Crippen LogP contribution in [0.5, 0.6) is 0 Å². The molecule has 0 aliphatic carbocycles. The number of rotatable bonds is 3. The second kappa shape index (κ2) is 6.78. The van der Waals surface area contributed by atoms with Crippen molar-refractivity contribution in [1.82, 2.24) is 19.4 Å². The van der Waals surface area contributed by atoms with Crippen LogP contribution < -0.4 is 5.56 Å². The molecular formula is C20H22N4O2. The third-order valence-electron chi connectivity index (χ3n) is 5.21. The van der Waals surface area contributed by atoms with Crippen molar-refractivity contribution < 1.29 is 4.79 Å². The number of fused-ring (bicyclic) bond motifs is 1. The number of nitrogens with one attached hydrogen (secondary N) is 1. The highest BCUT2D eigenvalue weighted by atomic mass is 16.2. The highest BCUT2D eigenvalue weighted by Gasteiger charge is 2.26. The molecule has 134 valence electrons. The van der Waals surface area contributed by atoms with Crippen molar-refractivity contribution >= 4 is 16.8 Å². The van der Waals surface area contributed by atoms with Gasteiger partial charge in [-0.2, -0.15) is 0 Å². The van der Waals surface area contributed by atoms with Gasteiger partial charge in [-0.3, -0.25) is 9.59 Å². The van der Waals surface area contributed by atoms with Gasteiger partial charge in [0.1, 0.15) is 0 Å². The number of amides is 1. The molecule has 6 nitrogen and oxygen atoms in total. The number of hydrogen-bond acceptors (Lipinski definition) is 3. The van der Waals surface area contributed by atoms with Crippen LogP contribution in [0.25, 0.3) is 10.9 Å². The lowest BCUT2D eigenvalue weighted by Gasteiger charge is -2.32. The van der Waals surface area contributed by atoms with Gasteiger partial charge in [-0.1, -0.05) is 18.2 Å². The predicted octanol–water partition coefficient (Wildman–Crippen LogP) is 2.21. The fourth-order valence-corrected chi connectivity index (χ4v) is 3.89. The maximum Gasteiger partial charge on any atom is 0.250 e. The van der Waals surface area contributed by atoms with Crippen LogP contribution in [0.3, 0.4) is 0 Å². The number of hydrogen-bond donors (Lipinski definition) is 1. The fourth-order valence-electron chi connectivity index (χ4n) is 3.89. The maximum absolute atomic E-state index is 12.9. The van der Waals surface area contributed by atoms with Gasteiger partial charge < -0.3 is 14.5 Å². The summed E-state index contributed by atoms with van der Waals surface area (Å²) >= 11 is 0. The van der Waals surface area contributed by atoms with E-state index in [9.17, 15) is 9.59 Å². The van der Waals surface area contributed by atoms with Crippen molar-refractivity contribution in [1.29, 1.82) is 0 Å². The maximum atomic E-state index is 12.9. The molecule has 1 N–H and O–H groups in total. The first-order valence-electron chi connectivity index (χ1n) is 8.97. The SMILES string of the molecule is Cn1cc(CC(=O)N2CCCC(c3cc(=O)[nH]cn3)C2)c2ccccc21. The molecule has 26 heavy (non-hydrogen) atoms. The van der Waals surface area contributed by atoms with Crippen LogP contribution in [0.1, 0.15) is 30.0 Å². The summed E-state index contributed by atoms with van der Waals surface area (Å²) in [7, 11) is 2.01. The Bertz CT molecular complexity index is 1000.